The molecule has 0 unspecified atom stereocenters. The third-order valence-electron chi connectivity index (χ3n) is 3.38. The first-order valence-electron chi connectivity index (χ1n) is 6.84. The maximum absolute atomic E-state index is 14.5. The SMILES string of the molecule is NC(=O)c1nc(-c2c(F)cccc2F)c(F)cc1-c1cccnc1. The van der Waals surface area contributed by atoms with Gasteiger partial charge in [-0.2, -0.15) is 0 Å². The molecule has 0 aliphatic rings. The average molecular weight is 329 g/mol. The van der Waals surface area contributed by atoms with Crippen LogP contribution in [0.15, 0.2) is 48.8 Å². The Bertz CT molecular complexity index is 910. The van der Waals surface area contributed by atoms with Crippen molar-refractivity contribution in [1.29, 1.82) is 0 Å². The molecule has 0 radical (unpaired) electrons. The number of benzene rings is 1. The Morgan fingerprint density at radius 1 is 1.00 bits per heavy atom. The van der Waals surface area contributed by atoms with E-state index in [1.165, 1.54) is 12.4 Å². The Morgan fingerprint density at radius 3 is 2.29 bits per heavy atom. The van der Waals surface area contributed by atoms with Gasteiger partial charge < -0.3 is 5.73 Å². The number of carbonyl (C=O) groups is 1. The van der Waals surface area contributed by atoms with Gasteiger partial charge in [0.05, 0.1) is 5.56 Å². The summed E-state index contributed by atoms with van der Waals surface area (Å²) in [7, 11) is 0. The minimum Gasteiger partial charge on any atom is -0.364 e. The van der Waals surface area contributed by atoms with Crippen molar-refractivity contribution in [2.45, 2.75) is 0 Å². The van der Waals surface area contributed by atoms with Gasteiger partial charge in [-0.15, -0.1) is 0 Å². The van der Waals surface area contributed by atoms with Crippen molar-refractivity contribution in [2.75, 3.05) is 0 Å². The lowest BCUT2D eigenvalue weighted by Gasteiger charge is -2.11. The number of pyridine rings is 2. The molecule has 0 atom stereocenters. The highest BCUT2D eigenvalue weighted by molar-refractivity contribution is 5.98. The number of nitrogens with two attached hydrogens (primary N) is 1. The second kappa shape index (κ2) is 6.11. The number of hydrogen-bond donors (Lipinski definition) is 1. The topological polar surface area (TPSA) is 68.9 Å². The van der Waals surface area contributed by atoms with Gasteiger partial charge in [0.2, 0.25) is 0 Å². The molecular weight excluding hydrogens is 319 g/mol. The number of primary amides is 1. The normalized spacial score (nSPS) is 10.6. The van der Waals surface area contributed by atoms with Crippen LogP contribution < -0.4 is 5.73 Å². The van der Waals surface area contributed by atoms with Gasteiger partial charge >= 0.3 is 0 Å². The monoisotopic (exact) mass is 329 g/mol. The largest absolute Gasteiger partial charge is 0.364 e. The summed E-state index contributed by atoms with van der Waals surface area (Å²) in [5.41, 5.74) is 4.21. The Hall–Kier alpha value is -3.22. The van der Waals surface area contributed by atoms with E-state index in [1.54, 1.807) is 12.1 Å². The number of carbonyl (C=O) groups excluding carboxylic acids is 1. The fourth-order valence-corrected chi connectivity index (χ4v) is 2.32. The van der Waals surface area contributed by atoms with Gasteiger partial charge in [0, 0.05) is 23.5 Å². The summed E-state index contributed by atoms with van der Waals surface area (Å²) in [5.74, 6) is -3.92. The maximum Gasteiger partial charge on any atom is 0.267 e. The highest BCUT2D eigenvalue weighted by atomic mass is 19.1. The van der Waals surface area contributed by atoms with Crippen molar-refractivity contribution in [3.63, 3.8) is 0 Å². The number of rotatable bonds is 3. The second-order valence-corrected chi connectivity index (χ2v) is 4.92. The third-order valence-corrected chi connectivity index (χ3v) is 3.38. The van der Waals surface area contributed by atoms with E-state index in [4.69, 9.17) is 5.73 Å². The maximum atomic E-state index is 14.5. The lowest BCUT2D eigenvalue weighted by atomic mass is 10.0. The van der Waals surface area contributed by atoms with E-state index < -0.39 is 34.6 Å². The van der Waals surface area contributed by atoms with E-state index >= 15 is 0 Å². The van der Waals surface area contributed by atoms with Crippen LogP contribution in [-0.2, 0) is 0 Å². The molecule has 0 saturated carbocycles. The highest BCUT2D eigenvalue weighted by Crippen LogP contribution is 2.31. The Labute approximate surface area is 134 Å². The molecule has 3 rings (SSSR count). The molecule has 120 valence electrons. The van der Waals surface area contributed by atoms with Crippen LogP contribution in [0.4, 0.5) is 13.2 Å². The molecule has 2 heterocycles. The number of amides is 1. The standard InChI is InChI=1S/C17H10F3N3O/c18-11-4-1-5-12(19)14(11)16-13(20)7-10(15(23-16)17(21)24)9-3-2-6-22-8-9/h1-8H,(H2,21,24). The van der Waals surface area contributed by atoms with Crippen LogP contribution >= 0.6 is 0 Å². The van der Waals surface area contributed by atoms with E-state index in [2.05, 4.69) is 9.97 Å². The van der Waals surface area contributed by atoms with Crippen molar-refractivity contribution in [2.24, 2.45) is 5.73 Å². The summed E-state index contributed by atoms with van der Waals surface area (Å²) >= 11 is 0. The first-order valence-corrected chi connectivity index (χ1v) is 6.84. The van der Waals surface area contributed by atoms with Crippen LogP contribution in [0.5, 0.6) is 0 Å². The number of nitrogens with zero attached hydrogens (tertiary/aromatic N) is 2. The van der Waals surface area contributed by atoms with E-state index in [-0.39, 0.29) is 11.3 Å². The first kappa shape index (κ1) is 15.7. The van der Waals surface area contributed by atoms with Gasteiger partial charge in [-0.3, -0.25) is 9.78 Å². The van der Waals surface area contributed by atoms with Crippen LogP contribution in [0.2, 0.25) is 0 Å². The van der Waals surface area contributed by atoms with Gasteiger partial charge in [0.25, 0.3) is 5.91 Å². The van der Waals surface area contributed by atoms with Gasteiger partial charge in [0.15, 0.2) is 0 Å². The van der Waals surface area contributed by atoms with E-state index in [9.17, 15) is 18.0 Å². The van der Waals surface area contributed by atoms with Crippen molar-refractivity contribution in [3.8, 4) is 22.4 Å². The van der Waals surface area contributed by atoms with Crippen molar-refractivity contribution >= 4 is 5.91 Å². The third kappa shape index (κ3) is 2.71. The molecule has 0 fully saturated rings. The lowest BCUT2D eigenvalue weighted by Crippen LogP contribution is -2.16. The van der Waals surface area contributed by atoms with Crippen molar-refractivity contribution < 1.29 is 18.0 Å². The van der Waals surface area contributed by atoms with Gasteiger partial charge in [-0.05, 0) is 24.3 Å². The molecule has 24 heavy (non-hydrogen) atoms. The van der Waals surface area contributed by atoms with Crippen molar-refractivity contribution in [3.05, 3.63) is 71.9 Å². The molecule has 7 heteroatoms. The van der Waals surface area contributed by atoms with Crippen LogP contribution in [0, 0.1) is 17.5 Å². The van der Waals surface area contributed by atoms with Crippen molar-refractivity contribution in [1.82, 2.24) is 9.97 Å². The van der Waals surface area contributed by atoms with Gasteiger partial charge in [-0.25, -0.2) is 18.2 Å². The van der Waals surface area contributed by atoms with Crippen LogP contribution in [0.1, 0.15) is 10.5 Å². The summed E-state index contributed by atoms with van der Waals surface area (Å²) in [5, 5.41) is 0. The Morgan fingerprint density at radius 2 is 1.71 bits per heavy atom. The molecule has 0 aliphatic heterocycles. The quantitative estimate of drug-likeness (QED) is 0.801. The first-order chi connectivity index (χ1) is 11.5. The minimum atomic E-state index is -0.994. The molecule has 2 N–H and O–H groups in total. The predicted octanol–water partition coefficient (Wildman–Crippen LogP) is 3.33. The Kier molecular flexibility index (Phi) is 3.99. The van der Waals surface area contributed by atoms with Crippen LogP contribution in [0.3, 0.4) is 0 Å². The van der Waals surface area contributed by atoms with Gasteiger partial charge in [0.1, 0.15) is 28.8 Å². The summed E-state index contributed by atoms with van der Waals surface area (Å²) < 4.78 is 42.3. The van der Waals surface area contributed by atoms with Crippen LogP contribution in [0.25, 0.3) is 22.4 Å². The van der Waals surface area contributed by atoms with E-state index in [1.807, 2.05) is 0 Å². The summed E-state index contributed by atoms with van der Waals surface area (Å²) in [6, 6.07) is 7.22. The summed E-state index contributed by atoms with van der Waals surface area (Å²) in [6.07, 6.45) is 2.90. The predicted molar refractivity (Wildman–Crippen MR) is 81.3 cm³/mol. The lowest BCUT2D eigenvalue weighted by molar-refractivity contribution is 0.0996. The zero-order valence-electron chi connectivity index (χ0n) is 12.1. The number of hydrogen-bond acceptors (Lipinski definition) is 3. The fourth-order valence-electron chi connectivity index (χ4n) is 2.32. The molecular formula is C17H10F3N3O. The zero-order chi connectivity index (χ0) is 17.3. The molecule has 0 spiro atoms. The molecule has 4 nitrogen and oxygen atoms in total. The van der Waals surface area contributed by atoms with E-state index in [0.29, 0.717) is 5.56 Å². The average Bonchev–Trinajstić information content (AvgIpc) is 2.56. The molecule has 0 aliphatic carbocycles. The van der Waals surface area contributed by atoms with Crippen LogP contribution in [-0.4, -0.2) is 15.9 Å². The highest BCUT2D eigenvalue weighted by Gasteiger charge is 2.22. The smallest absolute Gasteiger partial charge is 0.267 e. The molecule has 1 aromatic carbocycles. The molecule has 2 aromatic heterocycles. The van der Waals surface area contributed by atoms with Gasteiger partial charge in [-0.1, -0.05) is 12.1 Å². The fraction of sp³-hybridized carbons (Fsp3) is 0. The summed E-state index contributed by atoms with van der Waals surface area (Å²) in [6.45, 7) is 0. The second-order valence-electron chi connectivity index (χ2n) is 4.92. The molecule has 0 bridgehead atoms. The molecule has 3 aromatic rings. The molecule has 1 amide bonds. The number of aromatic nitrogens is 2. The Balaban J connectivity index is 2.29. The minimum absolute atomic E-state index is 0.0913. The van der Waals surface area contributed by atoms with E-state index in [0.717, 1.165) is 24.3 Å². The zero-order valence-corrected chi connectivity index (χ0v) is 12.1. The summed E-state index contributed by atoms with van der Waals surface area (Å²) in [4.78, 5) is 19.3. The number of halogens is 3. The molecule has 0 saturated heterocycles.